The fourth-order valence-corrected chi connectivity index (χ4v) is 2.57. The van der Waals surface area contributed by atoms with Crippen molar-refractivity contribution < 1.29 is 4.79 Å². The van der Waals surface area contributed by atoms with Crippen LogP contribution in [-0.4, -0.2) is 46.8 Å². The first-order valence-electron chi connectivity index (χ1n) is 7.44. The monoisotopic (exact) mass is 318 g/mol. The van der Waals surface area contributed by atoms with Crippen molar-refractivity contribution in [1.29, 1.82) is 0 Å². The highest BCUT2D eigenvalue weighted by Crippen LogP contribution is 2.24. The van der Waals surface area contributed by atoms with Crippen LogP contribution in [0.5, 0.6) is 0 Å². The van der Waals surface area contributed by atoms with Crippen molar-refractivity contribution in [2.45, 2.75) is 18.9 Å². The second-order valence-electron chi connectivity index (χ2n) is 5.56. The Balaban J connectivity index is 1.58. The van der Waals surface area contributed by atoms with E-state index >= 15 is 0 Å². The zero-order chi connectivity index (χ0) is 15.5. The van der Waals surface area contributed by atoms with Crippen LogP contribution in [0.15, 0.2) is 36.5 Å². The molecule has 1 heterocycles. The van der Waals surface area contributed by atoms with E-state index in [1.807, 2.05) is 18.2 Å². The predicted molar refractivity (Wildman–Crippen MR) is 86.6 cm³/mol. The number of hydrogen-bond donors (Lipinski definition) is 1. The van der Waals surface area contributed by atoms with E-state index in [0.29, 0.717) is 23.3 Å². The number of hydrogen-bond acceptors (Lipinski definition) is 3. The molecule has 0 spiro atoms. The number of benzene rings is 1. The first kappa shape index (κ1) is 15.1. The topological polar surface area (TPSA) is 50.2 Å². The molecule has 2 aromatic rings. The largest absolute Gasteiger partial charge is 0.349 e. The van der Waals surface area contributed by atoms with Gasteiger partial charge in [-0.2, -0.15) is 5.10 Å². The Morgan fingerprint density at radius 3 is 2.91 bits per heavy atom. The Morgan fingerprint density at radius 1 is 1.41 bits per heavy atom. The molecule has 1 aromatic heterocycles. The van der Waals surface area contributed by atoms with Gasteiger partial charge in [0.15, 0.2) is 5.69 Å². The fraction of sp³-hybridized carbons (Fsp3) is 0.375. The van der Waals surface area contributed by atoms with E-state index in [1.165, 1.54) is 12.8 Å². The molecule has 1 aliphatic carbocycles. The van der Waals surface area contributed by atoms with Gasteiger partial charge in [0.05, 0.1) is 10.7 Å². The molecule has 6 heteroatoms. The predicted octanol–water partition coefficient (Wildman–Crippen LogP) is 2.35. The Hall–Kier alpha value is -1.85. The molecule has 0 bridgehead atoms. The van der Waals surface area contributed by atoms with Crippen molar-refractivity contribution in [2.75, 3.05) is 20.1 Å². The van der Waals surface area contributed by atoms with E-state index in [4.69, 9.17) is 11.6 Å². The van der Waals surface area contributed by atoms with Gasteiger partial charge in [-0.3, -0.25) is 4.79 Å². The molecule has 0 saturated heterocycles. The Labute approximate surface area is 134 Å². The number of amides is 1. The number of likely N-dealkylation sites (N-methyl/N-ethyl adjacent to an activating group) is 1. The number of carbonyl (C=O) groups is 1. The lowest BCUT2D eigenvalue weighted by Crippen LogP contribution is -2.34. The van der Waals surface area contributed by atoms with Crippen molar-refractivity contribution in [1.82, 2.24) is 20.0 Å². The second kappa shape index (κ2) is 6.50. The van der Waals surface area contributed by atoms with E-state index in [-0.39, 0.29) is 5.91 Å². The van der Waals surface area contributed by atoms with E-state index in [9.17, 15) is 4.79 Å². The van der Waals surface area contributed by atoms with Gasteiger partial charge < -0.3 is 10.2 Å². The zero-order valence-corrected chi connectivity index (χ0v) is 13.3. The minimum absolute atomic E-state index is 0.157. The Morgan fingerprint density at radius 2 is 2.18 bits per heavy atom. The third-order valence-electron chi connectivity index (χ3n) is 3.84. The van der Waals surface area contributed by atoms with Gasteiger partial charge in [-0.05, 0) is 38.1 Å². The summed E-state index contributed by atoms with van der Waals surface area (Å²) in [5, 5.41) is 7.80. The number of halogens is 1. The van der Waals surface area contributed by atoms with Crippen molar-refractivity contribution in [3.63, 3.8) is 0 Å². The summed E-state index contributed by atoms with van der Waals surface area (Å²) in [5.74, 6) is -0.157. The number of aromatic nitrogens is 2. The van der Waals surface area contributed by atoms with Crippen LogP contribution in [0.25, 0.3) is 5.69 Å². The van der Waals surface area contributed by atoms with Crippen LogP contribution in [0, 0.1) is 0 Å². The van der Waals surface area contributed by atoms with Crippen LogP contribution in [0.3, 0.4) is 0 Å². The summed E-state index contributed by atoms with van der Waals surface area (Å²) in [6.07, 6.45) is 4.28. The van der Waals surface area contributed by atoms with Gasteiger partial charge in [0.25, 0.3) is 5.91 Å². The molecule has 116 valence electrons. The van der Waals surface area contributed by atoms with Crippen molar-refractivity contribution in [3.8, 4) is 5.69 Å². The minimum atomic E-state index is -0.157. The van der Waals surface area contributed by atoms with Gasteiger partial charge >= 0.3 is 0 Å². The first-order valence-corrected chi connectivity index (χ1v) is 7.82. The molecule has 1 amide bonds. The summed E-state index contributed by atoms with van der Waals surface area (Å²) in [4.78, 5) is 14.4. The number of rotatable bonds is 6. The van der Waals surface area contributed by atoms with Gasteiger partial charge in [-0.15, -0.1) is 0 Å². The Kier molecular flexibility index (Phi) is 4.45. The lowest BCUT2D eigenvalue weighted by Gasteiger charge is -2.15. The SMILES string of the molecule is CN(CCNC(=O)c1ccn(-c2ccccc2Cl)n1)C1CC1. The molecular formula is C16H19ClN4O. The van der Waals surface area contributed by atoms with Crippen LogP contribution in [0.1, 0.15) is 23.3 Å². The van der Waals surface area contributed by atoms with Gasteiger partial charge in [0.1, 0.15) is 0 Å². The molecule has 5 nitrogen and oxygen atoms in total. The molecule has 22 heavy (non-hydrogen) atoms. The van der Waals surface area contributed by atoms with Gasteiger partial charge in [-0.25, -0.2) is 4.68 Å². The van der Waals surface area contributed by atoms with Gasteiger partial charge in [0, 0.05) is 25.3 Å². The molecule has 0 radical (unpaired) electrons. The molecule has 1 aromatic carbocycles. The lowest BCUT2D eigenvalue weighted by atomic mass is 10.3. The third-order valence-corrected chi connectivity index (χ3v) is 4.16. The van der Waals surface area contributed by atoms with E-state index in [1.54, 1.807) is 23.0 Å². The second-order valence-corrected chi connectivity index (χ2v) is 5.97. The Bertz CT molecular complexity index is 666. The lowest BCUT2D eigenvalue weighted by molar-refractivity contribution is 0.0944. The van der Waals surface area contributed by atoms with Crippen molar-refractivity contribution >= 4 is 17.5 Å². The smallest absolute Gasteiger partial charge is 0.271 e. The minimum Gasteiger partial charge on any atom is -0.349 e. The van der Waals surface area contributed by atoms with Crippen molar-refractivity contribution in [2.24, 2.45) is 0 Å². The number of carbonyl (C=O) groups excluding carboxylic acids is 1. The van der Waals surface area contributed by atoms with Crippen LogP contribution in [0.4, 0.5) is 0 Å². The van der Waals surface area contributed by atoms with Crippen LogP contribution in [-0.2, 0) is 0 Å². The van der Waals surface area contributed by atoms with E-state index in [2.05, 4.69) is 22.4 Å². The average molecular weight is 319 g/mol. The summed E-state index contributed by atoms with van der Waals surface area (Å²) in [7, 11) is 2.09. The first-order chi connectivity index (χ1) is 10.6. The summed E-state index contributed by atoms with van der Waals surface area (Å²) in [6.45, 7) is 1.49. The maximum absolute atomic E-state index is 12.1. The van der Waals surface area contributed by atoms with Crippen molar-refractivity contribution in [3.05, 3.63) is 47.2 Å². The molecule has 1 aliphatic rings. The summed E-state index contributed by atoms with van der Waals surface area (Å²) >= 11 is 6.13. The van der Waals surface area contributed by atoms with E-state index in [0.717, 1.165) is 12.2 Å². The highest BCUT2D eigenvalue weighted by atomic mass is 35.5. The quantitative estimate of drug-likeness (QED) is 0.889. The molecule has 1 saturated carbocycles. The summed E-state index contributed by atoms with van der Waals surface area (Å²) < 4.78 is 1.62. The molecule has 1 fully saturated rings. The number of nitrogens with one attached hydrogen (secondary N) is 1. The average Bonchev–Trinajstić information content (AvgIpc) is 3.25. The van der Waals surface area contributed by atoms with E-state index < -0.39 is 0 Å². The standard InChI is InChI=1S/C16H19ClN4O/c1-20(12-6-7-12)11-9-18-16(22)14-8-10-21(19-14)15-5-3-2-4-13(15)17/h2-5,8,10,12H,6-7,9,11H2,1H3,(H,18,22). The molecular weight excluding hydrogens is 300 g/mol. The molecule has 1 N–H and O–H groups in total. The zero-order valence-electron chi connectivity index (χ0n) is 12.5. The maximum Gasteiger partial charge on any atom is 0.271 e. The highest BCUT2D eigenvalue weighted by molar-refractivity contribution is 6.32. The maximum atomic E-state index is 12.1. The van der Waals surface area contributed by atoms with Crippen LogP contribution >= 0.6 is 11.6 Å². The van der Waals surface area contributed by atoms with Gasteiger partial charge in [-0.1, -0.05) is 23.7 Å². The molecule has 0 atom stereocenters. The van der Waals surface area contributed by atoms with Crippen LogP contribution in [0.2, 0.25) is 5.02 Å². The van der Waals surface area contributed by atoms with Gasteiger partial charge in [0.2, 0.25) is 0 Å². The summed E-state index contributed by atoms with van der Waals surface area (Å²) in [5.41, 5.74) is 1.16. The summed E-state index contributed by atoms with van der Waals surface area (Å²) in [6, 6.07) is 9.81. The molecule has 3 rings (SSSR count). The number of para-hydroxylation sites is 1. The number of nitrogens with zero attached hydrogens (tertiary/aromatic N) is 3. The molecule has 0 aliphatic heterocycles. The fourth-order valence-electron chi connectivity index (χ4n) is 2.35. The van der Waals surface area contributed by atoms with Crippen LogP contribution < -0.4 is 5.32 Å². The third kappa shape index (κ3) is 3.48. The normalized spacial score (nSPS) is 14.3. The highest BCUT2D eigenvalue weighted by Gasteiger charge is 2.25. The molecule has 0 unspecified atom stereocenters.